The summed E-state index contributed by atoms with van der Waals surface area (Å²) in [4.78, 5) is 0. The number of ether oxygens (including phenoxy) is 2. The van der Waals surface area contributed by atoms with Crippen LogP contribution < -0.4 is 14.8 Å². The molecule has 0 unspecified atom stereocenters. The Labute approximate surface area is 102 Å². The van der Waals surface area contributed by atoms with Crippen LogP contribution in [0.2, 0.25) is 0 Å². The SMILES string of the molecule is C/C=C/CCNCc1ccc2c(c1)OCCO2. The lowest BCUT2D eigenvalue weighted by molar-refractivity contribution is 0.171. The topological polar surface area (TPSA) is 30.5 Å². The lowest BCUT2D eigenvalue weighted by Gasteiger charge is -2.18. The molecule has 0 aromatic heterocycles. The van der Waals surface area contributed by atoms with E-state index in [4.69, 9.17) is 9.47 Å². The number of hydrogen-bond acceptors (Lipinski definition) is 3. The third kappa shape index (κ3) is 3.49. The Bertz CT molecular complexity index is 388. The number of allylic oxidation sites excluding steroid dienone is 1. The van der Waals surface area contributed by atoms with Crippen LogP contribution in [0.15, 0.2) is 30.4 Å². The summed E-state index contributed by atoms with van der Waals surface area (Å²) in [7, 11) is 0. The van der Waals surface area contributed by atoms with E-state index >= 15 is 0 Å². The van der Waals surface area contributed by atoms with Gasteiger partial charge < -0.3 is 14.8 Å². The summed E-state index contributed by atoms with van der Waals surface area (Å²) in [6, 6.07) is 6.12. The lowest BCUT2D eigenvalue weighted by Crippen LogP contribution is -2.17. The molecule has 1 heterocycles. The quantitative estimate of drug-likeness (QED) is 0.626. The molecular weight excluding hydrogens is 214 g/mol. The molecule has 2 rings (SSSR count). The first-order valence-corrected chi connectivity index (χ1v) is 6.10. The molecule has 1 aliphatic heterocycles. The molecule has 17 heavy (non-hydrogen) atoms. The number of nitrogens with one attached hydrogen (secondary N) is 1. The van der Waals surface area contributed by atoms with Crippen molar-refractivity contribution in [2.75, 3.05) is 19.8 Å². The van der Waals surface area contributed by atoms with Crippen LogP contribution in [0.5, 0.6) is 11.5 Å². The third-order valence-corrected chi connectivity index (χ3v) is 2.66. The highest BCUT2D eigenvalue weighted by Crippen LogP contribution is 2.30. The highest BCUT2D eigenvalue weighted by molar-refractivity contribution is 5.43. The van der Waals surface area contributed by atoms with Gasteiger partial charge in [0.2, 0.25) is 0 Å². The van der Waals surface area contributed by atoms with Gasteiger partial charge in [-0.05, 0) is 37.6 Å². The molecule has 0 amide bonds. The summed E-state index contributed by atoms with van der Waals surface area (Å²) in [6.07, 6.45) is 5.31. The highest BCUT2D eigenvalue weighted by atomic mass is 16.6. The molecule has 0 saturated carbocycles. The van der Waals surface area contributed by atoms with Gasteiger partial charge in [-0.2, -0.15) is 0 Å². The smallest absolute Gasteiger partial charge is 0.161 e. The van der Waals surface area contributed by atoms with Crippen LogP contribution in [-0.4, -0.2) is 19.8 Å². The minimum Gasteiger partial charge on any atom is -0.486 e. The van der Waals surface area contributed by atoms with Gasteiger partial charge in [0.05, 0.1) is 0 Å². The van der Waals surface area contributed by atoms with Crippen LogP contribution in [0.3, 0.4) is 0 Å². The van der Waals surface area contributed by atoms with Crippen LogP contribution >= 0.6 is 0 Å². The third-order valence-electron chi connectivity index (χ3n) is 2.66. The summed E-state index contributed by atoms with van der Waals surface area (Å²) in [6.45, 7) is 5.20. The van der Waals surface area contributed by atoms with E-state index in [0.29, 0.717) is 13.2 Å². The van der Waals surface area contributed by atoms with E-state index in [0.717, 1.165) is 31.0 Å². The first-order chi connectivity index (χ1) is 8.40. The number of rotatable bonds is 5. The molecule has 0 radical (unpaired) electrons. The molecule has 3 nitrogen and oxygen atoms in total. The van der Waals surface area contributed by atoms with Crippen molar-refractivity contribution in [3.63, 3.8) is 0 Å². The monoisotopic (exact) mass is 233 g/mol. The highest BCUT2D eigenvalue weighted by Gasteiger charge is 2.11. The van der Waals surface area contributed by atoms with Gasteiger partial charge >= 0.3 is 0 Å². The Morgan fingerprint density at radius 2 is 2.06 bits per heavy atom. The molecule has 1 aromatic rings. The van der Waals surface area contributed by atoms with Gasteiger partial charge in [0.25, 0.3) is 0 Å². The lowest BCUT2D eigenvalue weighted by atomic mass is 10.2. The summed E-state index contributed by atoms with van der Waals surface area (Å²) in [5, 5.41) is 3.40. The van der Waals surface area contributed by atoms with E-state index in [9.17, 15) is 0 Å². The molecule has 0 saturated heterocycles. The average Bonchev–Trinajstić information content (AvgIpc) is 2.38. The van der Waals surface area contributed by atoms with Gasteiger partial charge in [0, 0.05) is 6.54 Å². The molecule has 1 aliphatic rings. The Hall–Kier alpha value is -1.48. The zero-order chi connectivity index (χ0) is 11.9. The predicted molar refractivity (Wildman–Crippen MR) is 68.6 cm³/mol. The van der Waals surface area contributed by atoms with Gasteiger partial charge in [-0.25, -0.2) is 0 Å². The molecule has 0 fully saturated rings. The van der Waals surface area contributed by atoms with E-state index in [1.807, 2.05) is 13.0 Å². The molecule has 1 aromatic carbocycles. The standard InChI is InChI=1S/C14H19NO2/c1-2-3-4-7-15-11-12-5-6-13-14(10-12)17-9-8-16-13/h2-3,5-6,10,15H,4,7-9,11H2,1H3/b3-2+. The molecule has 0 aliphatic carbocycles. The summed E-state index contributed by atoms with van der Waals surface area (Å²) in [5.41, 5.74) is 1.23. The second-order valence-electron chi connectivity index (χ2n) is 4.01. The summed E-state index contributed by atoms with van der Waals surface area (Å²) >= 11 is 0. The fourth-order valence-corrected chi connectivity index (χ4v) is 1.78. The maximum atomic E-state index is 5.55. The Balaban J connectivity index is 1.84. The van der Waals surface area contributed by atoms with Crippen LogP contribution in [0.25, 0.3) is 0 Å². The molecule has 92 valence electrons. The van der Waals surface area contributed by atoms with Crippen molar-refractivity contribution in [1.82, 2.24) is 5.32 Å². The van der Waals surface area contributed by atoms with Gasteiger partial charge in [0.1, 0.15) is 13.2 Å². The predicted octanol–water partition coefficient (Wildman–Crippen LogP) is 2.51. The average molecular weight is 233 g/mol. The van der Waals surface area contributed by atoms with Gasteiger partial charge in [0.15, 0.2) is 11.5 Å². The van der Waals surface area contributed by atoms with E-state index in [1.54, 1.807) is 0 Å². The van der Waals surface area contributed by atoms with E-state index < -0.39 is 0 Å². The van der Waals surface area contributed by atoms with Gasteiger partial charge in [-0.3, -0.25) is 0 Å². The van der Waals surface area contributed by atoms with Crippen LogP contribution in [-0.2, 0) is 6.54 Å². The fourth-order valence-electron chi connectivity index (χ4n) is 1.78. The van der Waals surface area contributed by atoms with E-state index in [-0.39, 0.29) is 0 Å². The molecule has 1 N–H and O–H groups in total. The van der Waals surface area contributed by atoms with Gasteiger partial charge in [-0.1, -0.05) is 18.2 Å². The molecule has 0 bridgehead atoms. The van der Waals surface area contributed by atoms with Crippen molar-refractivity contribution >= 4 is 0 Å². The van der Waals surface area contributed by atoms with Crippen molar-refractivity contribution in [3.05, 3.63) is 35.9 Å². The molecule has 3 heteroatoms. The van der Waals surface area contributed by atoms with Crippen molar-refractivity contribution < 1.29 is 9.47 Å². The fraction of sp³-hybridized carbons (Fsp3) is 0.429. The second-order valence-corrected chi connectivity index (χ2v) is 4.01. The van der Waals surface area contributed by atoms with Crippen molar-refractivity contribution in [2.45, 2.75) is 19.9 Å². The van der Waals surface area contributed by atoms with Crippen LogP contribution in [0, 0.1) is 0 Å². The Morgan fingerprint density at radius 3 is 2.88 bits per heavy atom. The van der Waals surface area contributed by atoms with E-state index in [1.165, 1.54) is 5.56 Å². The maximum absolute atomic E-state index is 5.55. The summed E-state index contributed by atoms with van der Waals surface area (Å²) in [5.74, 6) is 1.72. The van der Waals surface area contributed by atoms with Crippen molar-refractivity contribution in [1.29, 1.82) is 0 Å². The first-order valence-electron chi connectivity index (χ1n) is 6.10. The van der Waals surface area contributed by atoms with Gasteiger partial charge in [-0.15, -0.1) is 0 Å². The van der Waals surface area contributed by atoms with Crippen LogP contribution in [0.4, 0.5) is 0 Å². The Morgan fingerprint density at radius 1 is 1.24 bits per heavy atom. The molecule has 0 spiro atoms. The van der Waals surface area contributed by atoms with Crippen molar-refractivity contribution in [3.8, 4) is 11.5 Å². The van der Waals surface area contributed by atoms with E-state index in [2.05, 4.69) is 29.6 Å². The normalized spacial score (nSPS) is 14.2. The molecule has 0 atom stereocenters. The summed E-state index contributed by atoms with van der Waals surface area (Å²) < 4.78 is 11.0. The largest absolute Gasteiger partial charge is 0.486 e. The minimum absolute atomic E-state index is 0.644. The first kappa shape index (κ1) is 12.0. The minimum atomic E-state index is 0.644. The molecular formula is C14H19NO2. The van der Waals surface area contributed by atoms with Crippen molar-refractivity contribution in [2.24, 2.45) is 0 Å². The number of hydrogen-bond donors (Lipinski definition) is 1. The Kier molecular flexibility index (Phi) is 4.45. The zero-order valence-corrected chi connectivity index (χ0v) is 10.2. The number of fused-ring (bicyclic) bond motifs is 1. The number of benzene rings is 1. The zero-order valence-electron chi connectivity index (χ0n) is 10.2. The second kappa shape index (κ2) is 6.30. The maximum Gasteiger partial charge on any atom is 0.161 e. The van der Waals surface area contributed by atoms with Crippen LogP contribution in [0.1, 0.15) is 18.9 Å².